The number of hydrogen-bond donors (Lipinski definition) is 1. The van der Waals surface area contributed by atoms with Crippen LogP contribution in [0.25, 0.3) is 0 Å². The van der Waals surface area contributed by atoms with Gasteiger partial charge in [-0.25, -0.2) is 0 Å². The third kappa shape index (κ3) is 4.69. The quantitative estimate of drug-likeness (QED) is 0.831. The molecule has 0 saturated heterocycles. The Labute approximate surface area is 112 Å². The number of aryl methyl sites for hydroxylation is 1. The second-order valence-electron chi connectivity index (χ2n) is 5.79. The molecule has 0 aliphatic heterocycles. The van der Waals surface area contributed by atoms with Gasteiger partial charge >= 0.3 is 0 Å². The summed E-state index contributed by atoms with van der Waals surface area (Å²) in [5.41, 5.74) is 1.53. The highest BCUT2D eigenvalue weighted by molar-refractivity contribution is 5.28. The average molecular weight is 249 g/mol. The number of rotatable bonds is 6. The van der Waals surface area contributed by atoms with Gasteiger partial charge in [-0.15, -0.1) is 0 Å². The van der Waals surface area contributed by atoms with Crippen LogP contribution in [-0.4, -0.2) is 19.2 Å². The minimum Gasteiger partial charge on any atom is -0.492 e. The van der Waals surface area contributed by atoms with Crippen molar-refractivity contribution >= 4 is 0 Å². The molecule has 0 saturated carbocycles. The van der Waals surface area contributed by atoms with E-state index in [0.717, 1.165) is 18.7 Å². The van der Waals surface area contributed by atoms with E-state index in [2.05, 4.69) is 58.1 Å². The number of benzene rings is 1. The second-order valence-corrected chi connectivity index (χ2v) is 5.79. The highest BCUT2D eigenvalue weighted by Gasteiger charge is 2.24. The van der Waals surface area contributed by atoms with E-state index >= 15 is 0 Å². The number of ether oxygens (including phenoxy) is 1. The molecule has 2 nitrogen and oxygen atoms in total. The van der Waals surface area contributed by atoms with Crippen molar-refractivity contribution in [3.63, 3.8) is 0 Å². The van der Waals surface area contributed by atoms with Crippen molar-refractivity contribution in [1.29, 1.82) is 0 Å². The van der Waals surface area contributed by atoms with E-state index in [1.165, 1.54) is 5.56 Å². The first-order valence-electron chi connectivity index (χ1n) is 6.92. The maximum absolute atomic E-state index is 5.93. The van der Waals surface area contributed by atoms with Gasteiger partial charge in [-0.2, -0.15) is 0 Å². The summed E-state index contributed by atoms with van der Waals surface area (Å²) in [4.78, 5) is 0. The summed E-state index contributed by atoms with van der Waals surface area (Å²) in [5, 5.41) is 3.50. The van der Waals surface area contributed by atoms with Crippen LogP contribution in [0.2, 0.25) is 0 Å². The van der Waals surface area contributed by atoms with Gasteiger partial charge in [0.15, 0.2) is 0 Å². The van der Waals surface area contributed by atoms with Crippen LogP contribution in [0.15, 0.2) is 24.3 Å². The largest absolute Gasteiger partial charge is 0.492 e. The maximum Gasteiger partial charge on any atom is 0.119 e. The molecule has 102 valence electrons. The van der Waals surface area contributed by atoms with E-state index in [0.29, 0.717) is 12.6 Å². The molecule has 1 rings (SSSR count). The lowest BCUT2D eigenvalue weighted by Gasteiger charge is -2.31. The zero-order valence-corrected chi connectivity index (χ0v) is 12.4. The van der Waals surface area contributed by atoms with Gasteiger partial charge < -0.3 is 10.1 Å². The Bertz CT molecular complexity index is 354. The molecule has 0 spiro atoms. The third-order valence-electron chi connectivity index (χ3n) is 3.22. The SMILES string of the molecule is CCNC(COc1cccc(CC)c1)C(C)(C)C. The highest BCUT2D eigenvalue weighted by Crippen LogP contribution is 2.21. The van der Waals surface area contributed by atoms with Crippen LogP contribution in [0.1, 0.15) is 40.2 Å². The monoisotopic (exact) mass is 249 g/mol. The Balaban J connectivity index is 2.61. The summed E-state index contributed by atoms with van der Waals surface area (Å²) in [6, 6.07) is 8.73. The molecule has 0 bridgehead atoms. The molecule has 0 aromatic heterocycles. The van der Waals surface area contributed by atoms with Gasteiger partial charge in [0.2, 0.25) is 0 Å². The van der Waals surface area contributed by atoms with Gasteiger partial charge in [-0.1, -0.05) is 46.8 Å². The van der Waals surface area contributed by atoms with Crippen LogP contribution in [0.5, 0.6) is 5.75 Å². The van der Waals surface area contributed by atoms with Crippen molar-refractivity contribution in [2.45, 2.75) is 47.1 Å². The van der Waals surface area contributed by atoms with E-state index in [-0.39, 0.29) is 5.41 Å². The standard InChI is InChI=1S/C16H27NO/c1-6-13-9-8-10-14(11-13)18-12-15(17-7-2)16(3,4)5/h8-11,15,17H,6-7,12H2,1-5H3. The molecule has 0 aliphatic carbocycles. The molecule has 2 heteroatoms. The third-order valence-corrected chi connectivity index (χ3v) is 3.22. The summed E-state index contributed by atoms with van der Waals surface area (Å²) in [7, 11) is 0. The van der Waals surface area contributed by atoms with Crippen molar-refractivity contribution in [3.05, 3.63) is 29.8 Å². The van der Waals surface area contributed by atoms with Gasteiger partial charge in [-0.3, -0.25) is 0 Å². The Morgan fingerprint density at radius 2 is 1.94 bits per heavy atom. The highest BCUT2D eigenvalue weighted by atomic mass is 16.5. The van der Waals surface area contributed by atoms with Crippen LogP contribution < -0.4 is 10.1 Å². The summed E-state index contributed by atoms with van der Waals surface area (Å²) in [5.74, 6) is 0.974. The van der Waals surface area contributed by atoms with Crippen molar-refractivity contribution < 1.29 is 4.74 Å². The molecule has 0 fully saturated rings. The second kappa shape index (κ2) is 6.79. The molecule has 0 heterocycles. The molecule has 0 amide bonds. The fourth-order valence-electron chi connectivity index (χ4n) is 1.90. The van der Waals surface area contributed by atoms with Crippen molar-refractivity contribution in [2.24, 2.45) is 5.41 Å². The zero-order chi connectivity index (χ0) is 13.6. The molecule has 1 unspecified atom stereocenters. The van der Waals surface area contributed by atoms with E-state index in [4.69, 9.17) is 4.74 Å². The molecular weight excluding hydrogens is 222 g/mol. The first-order chi connectivity index (χ1) is 8.47. The summed E-state index contributed by atoms with van der Waals surface area (Å²) < 4.78 is 5.93. The Kier molecular flexibility index (Phi) is 5.67. The summed E-state index contributed by atoms with van der Waals surface area (Å²) in [6.07, 6.45) is 1.05. The van der Waals surface area contributed by atoms with Crippen molar-refractivity contribution in [1.82, 2.24) is 5.32 Å². The van der Waals surface area contributed by atoms with Crippen molar-refractivity contribution in [2.75, 3.05) is 13.2 Å². The van der Waals surface area contributed by atoms with Crippen LogP contribution in [0.4, 0.5) is 0 Å². The van der Waals surface area contributed by atoms with Crippen LogP contribution >= 0.6 is 0 Å². The molecular formula is C16H27NO. The van der Waals surface area contributed by atoms with Gasteiger partial charge in [0.25, 0.3) is 0 Å². The first kappa shape index (κ1) is 15.0. The topological polar surface area (TPSA) is 21.3 Å². The Morgan fingerprint density at radius 1 is 1.22 bits per heavy atom. The van der Waals surface area contributed by atoms with Gasteiger partial charge in [-0.05, 0) is 36.1 Å². The van der Waals surface area contributed by atoms with Crippen LogP contribution in [0, 0.1) is 5.41 Å². The smallest absolute Gasteiger partial charge is 0.119 e. The first-order valence-corrected chi connectivity index (χ1v) is 6.92. The van der Waals surface area contributed by atoms with Crippen LogP contribution in [0.3, 0.4) is 0 Å². The lowest BCUT2D eigenvalue weighted by Crippen LogP contribution is -2.44. The van der Waals surface area contributed by atoms with E-state index < -0.39 is 0 Å². The average Bonchev–Trinajstić information content (AvgIpc) is 2.33. The molecule has 1 N–H and O–H groups in total. The normalized spacial score (nSPS) is 13.4. The lowest BCUT2D eigenvalue weighted by molar-refractivity contribution is 0.176. The number of hydrogen-bond acceptors (Lipinski definition) is 2. The Hall–Kier alpha value is -1.02. The zero-order valence-electron chi connectivity index (χ0n) is 12.4. The predicted molar refractivity (Wildman–Crippen MR) is 78.2 cm³/mol. The van der Waals surface area contributed by atoms with Gasteiger partial charge in [0.05, 0.1) is 0 Å². The predicted octanol–water partition coefficient (Wildman–Crippen LogP) is 3.65. The number of likely N-dealkylation sites (N-methyl/N-ethyl adjacent to an activating group) is 1. The molecule has 18 heavy (non-hydrogen) atoms. The minimum absolute atomic E-state index is 0.207. The van der Waals surface area contributed by atoms with Crippen LogP contribution in [-0.2, 0) is 6.42 Å². The van der Waals surface area contributed by atoms with Crippen molar-refractivity contribution in [3.8, 4) is 5.75 Å². The minimum atomic E-state index is 0.207. The summed E-state index contributed by atoms with van der Waals surface area (Å²) >= 11 is 0. The number of nitrogens with one attached hydrogen (secondary N) is 1. The van der Waals surface area contributed by atoms with E-state index in [1.807, 2.05) is 6.07 Å². The van der Waals surface area contributed by atoms with E-state index in [9.17, 15) is 0 Å². The van der Waals surface area contributed by atoms with Gasteiger partial charge in [0, 0.05) is 6.04 Å². The fourth-order valence-corrected chi connectivity index (χ4v) is 1.90. The van der Waals surface area contributed by atoms with Gasteiger partial charge in [0.1, 0.15) is 12.4 Å². The molecule has 1 aromatic carbocycles. The molecule has 1 aromatic rings. The fraction of sp³-hybridized carbons (Fsp3) is 0.625. The lowest BCUT2D eigenvalue weighted by atomic mass is 9.87. The summed E-state index contributed by atoms with van der Waals surface area (Å²) in [6.45, 7) is 12.7. The molecule has 0 radical (unpaired) electrons. The molecule has 1 atom stereocenters. The van der Waals surface area contributed by atoms with E-state index in [1.54, 1.807) is 0 Å². The maximum atomic E-state index is 5.93. The molecule has 0 aliphatic rings. The Morgan fingerprint density at radius 3 is 2.50 bits per heavy atom.